The van der Waals surface area contributed by atoms with Crippen LogP contribution in [0.25, 0.3) is 11.1 Å². The molecule has 0 aromatic heterocycles. The molecule has 5 heteroatoms. The summed E-state index contributed by atoms with van der Waals surface area (Å²) in [4.78, 5) is 0. The summed E-state index contributed by atoms with van der Waals surface area (Å²) < 4.78 is 46.1. The number of benzene rings is 2. The molecule has 0 bridgehead atoms. The van der Waals surface area contributed by atoms with Gasteiger partial charge in [-0.25, -0.2) is 4.39 Å². The van der Waals surface area contributed by atoms with Crippen LogP contribution >= 0.6 is 0 Å². The minimum Gasteiger partial charge on any atom is -0.493 e. The highest BCUT2D eigenvalue weighted by Crippen LogP contribution is 2.38. The summed E-state index contributed by atoms with van der Waals surface area (Å²) in [6.45, 7) is 4.95. The maximum atomic E-state index is 14.5. The smallest absolute Gasteiger partial charge is 0.201 e. The molecule has 3 nitrogen and oxygen atoms in total. The first-order valence-electron chi connectivity index (χ1n) is 12.6. The van der Waals surface area contributed by atoms with Crippen molar-refractivity contribution in [3.63, 3.8) is 0 Å². The van der Waals surface area contributed by atoms with Crippen LogP contribution in [0.4, 0.5) is 8.78 Å². The summed E-state index contributed by atoms with van der Waals surface area (Å²) in [5.74, 6) is 0.119. The Balaban J connectivity index is 1.26. The number of rotatable bonds is 9. The molecule has 1 saturated carbocycles. The average molecular weight is 459 g/mol. The average Bonchev–Trinajstić information content (AvgIpc) is 3.31. The van der Waals surface area contributed by atoms with E-state index in [1.54, 1.807) is 25.1 Å². The molecule has 180 valence electrons. The first-order chi connectivity index (χ1) is 16.1. The lowest BCUT2D eigenvalue weighted by molar-refractivity contribution is -0.00896. The van der Waals surface area contributed by atoms with E-state index in [1.165, 1.54) is 57.4 Å². The van der Waals surface area contributed by atoms with Gasteiger partial charge >= 0.3 is 0 Å². The summed E-state index contributed by atoms with van der Waals surface area (Å²) in [7, 11) is 0. The Labute approximate surface area is 196 Å². The van der Waals surface area contributed by atoms with Gasteiger partial charge in [0, 0.05) is 5.56 Å². The zero-order valence-electron chi connectivity index (χ0n) is 19.8. The highest BCUT2D eigenvalue weighted by Gasteiger charge is 2.33. The third kappa shape index (κ3) is 5.87. The molecule has 2 atom stereocenters. The van der Waals surface area contributed by atoms with Crippen LogP contribution in [0.1, 0.15) is 65.2 Å². The predicted molar refractivity (Wildman–Crippen MR) is 127 cm³/mol. The van der Waals surface area contributed by atoms with E-state index in [0.717, 1.165) is 5.75 Å². The van der Waals surface area contributed by atoms with Crippen molar-refractivity contribution in [2.45, 2.75) is 77.4 Å². The molecule has 0 radical (unpaired) electrons. The molecule has 33 heavy (non-hydrogen) atoms. The van der Waals surface area contributed by atoms with Gasteiger partial charge in [0.25, 0.3) is 0 Å². The van der Waals surface area contributed by atoms with Crippen LogP contribution in [0, 0.1) is 23.5 Å². The van der Waals surface area contributed by atoms with Crippen LogP contribution in [-0.2, 0) is 4.74 Å². The van der Waals surface area contributed by atoms with E-state index < -0.39 is 11.6 Å². The van der Waals surface area contributed by atoms with E-state index in [-0.39, 0.29) is 17.9 Å². The van der Waals surface area contributed by atoms with Gasteiger partial charge in [0.1, 0.15) is 5.75 Å². The molecule has 0 spiro atoms. The van der Waals surface area contributed by atoms with Crippen molar-refractivity contribution < 1.29 is 23.0 Å². The summed E-state index contributed by atoms with van der Waals surface area (Å²) in [6, 6.07) is 10.2. The minimum atomic E-state index is -0.950. The molecule has 2 aromatic carbocycles. The molecule has 1 aliphatic heterocycles. The third-order valence-corrected chi connectivity index (χ3v) is 7.17. The molecule has 0 N–H and O–H groups in total. The van der Waals surface area contributed by atoms with Crippen LogP contribution in [-0.4, -0.2) is 25.4 Å². The Morgan fingerprint density at radius 3 is 2.30 bits per heavy atom. The topological polar surface area (TPSA) is 27.7 Å². The van der Waals surface area contributed by atoms with Gasteiger partial charge in [0.2, 0.25) is 5.82 Å². The van der Waals surface area contributed by atoms with Gasteiger partial charge in [-0.15, -0.1) is 0 Å². The van der Waals surface area contributed by atoms with E-state index in [1.807, 2.05) is 12.1 Å². The number of hydrogen-bond donors (Lipinski definition) is 0. The standard InChI is InChI=1S/C28H36F2O3/c1-3-5-23-14-16-25(33-23)21-8-6-19(7-9-21)18-32-22-12-10-20(11-13-22)24-15-17-26(31-4-2)28(30)27(24)29/h10-13,15,17,19,21,23,25H,3-9,14,16,18H2,1-2H3. The highest BCUT2D eigenvalue weighted by atomic mass is 19.2. The fraction of sp³-hybridized carbons (Fsp3) is 0.571. The maximum Gasteiger partial charge on any atom is 0.201 e. The van der Waals surface area contributed by atoms with Crippen molar-refractivity contribution in [3.8, 4) is 22.6 Å². The van der Waals surface area contributed by atoms with E-state index in [2.05, 4.69) is 6.92 Å². The number of halogens is 2. The third-order valence-electron chi connectivity index (χ3n) is 7.17. The van der Waals surface area contributed by atoms with Crippen molar-refractivity contribution in [1.82, 2.24) is 0 Å². The van der Waals surface area contributed by atoms with Gasteiger partial charge in [-0.05, 0) is 93.5 Å². The lowest BCUT2D eigenvalue weighted by atomic mass is 9.79. The van der Waals surface area contributed by atoms with Gasteiger partial charge < -0.3 is 14.2 Å². The molecule has 2 aromatic rings. The molecule has 4 rings (SSSR count). The van der Waals surface area contributed by atoms with E-state index >= 15 is 0 Å². The summed E-state index contributed by atoms with van der Waals surface area (Å²) in [5.41, 5.74) is 0.830. The Morgan fingerprint density at radius 2 is 1.61 bits per heavy atom. The second kappa shape index (κ2) is 11.3. The van der Waals surface area contributed by atoms with Crippen molar-refractivity contribution in [2.24, 2.45) is 11.8 Å². The normalized spacial score (nSPS) is 25.2. The van der Waals surface area contributed by atoms with Crippen molar-refractivity contribution in [2.75, 3.05) is 13.2 Å². The van der Waals surface area contributed by atoms with Crippen molar-refractivity contribution >= 4 is 0 Å². The molecule has 1 aliphatic carbocycles. The van der Waals surface area contributed by atoms with Gasteiger partial charge in [-0.1, -0.05) is 25.5 Å². The van der Waals surface area contributed by atoms with Crippen LogP contribution < -0.4 is 9.47 Å². The van der Waals surface area contributed by atoms with Crippen molar-refractivity contribution in [1.29, 1.82) is 0 Å². The van der Waals surface area contributed by atoms with Gasteiger partial charge in [-0.2, -0.15) is 4.39 Å². The molecule has 1 saturated heterocycles. The predicted octanol–water partition coefficient (Wildman–Crippen LogP) is 7.56. The fourth-order valence-corrected chi connectivity index (χ4v) is 5.31. The molecular formula is C28H36F2O3. The van der Waals surface area contributed by atoms with Crippen LogP contribution in [0.5, 0.6) is 11.5 Å². The molecule has 1 heterocycles. The second-order valence-corrected chi connectivity index (χ2v) is 9.45. The quantitative estimate of drug-likeness (QED) is 0.388. The number of ether oxygens (including phenoxy) is 3. The van der Waals surface area contributed by atoms with Gasteiger partial charge in [0.15, 0.2) is 11.6 Å². The molecular weight excluding hydrogens is 422 g/mol. The lowest BCUT2D eigenvalue weighted by Gasteiger charge is -2.32. The zero-order chi connectivity index (χ0) is 23.2. The largest absolute Gasteiger partial charge is 0.493 e. The van der Waals surface area contributed by atoms with Crippen LogP contribution in [0.15, 0.2) is 36.4 Å². The van der Waals surface area contributed by atoms with E-state index in [0.29, 0.717) is 36.2 Å². The Bertz CT molecular complexity index is 891. The van der Waals surface area contributed by atoms with Gasteiger partial charge in [-0.3, -0.25) is 0 Å². The summed E-state index contributed by atoms with van der Waals surface area (Å²) >= 11 is 0. The first-order valence-corrected chi connectivity index (χ1v) is 12.6. The SMILES string of the molecule is CCCC1CCC(C2CCC(COc3ccc(-c4ccc(OCC)c(F)c4F)cc3)CC2)O1. The van der Waals surface area contributed by atoms with Crippen LogP contribution in [0.2, 0.25) is 0 Å². The second-order valence-electron chi connectivity index (χ2n) is 9.45. The van der Waals surface area contributed by atoms with E-state index in [9.17, 15) is 8.78 Å². The molecule has 2 fully saturated rings. The Morgan fingerprint density at radius 1 is 0.848 bits per heavy atom. The summed E-state index contributed by atoms with van der Waals surface area (Å²) in [6.07, 6.45) is 10.6. The molecule has 2 unspecified atom stereocenters. The van der Waals surface area contributed by atoms with E-state index in [4.69, 9.17) is 14.2 Å². The fourth-order valence-electron chi connectivity index (χ4n) is 5.31. The summed E-state index contributed by atoms with van der Waals surface area (Å²) in [5, 5.41) is 0. The maximum absolute atomic E-state index is 14.5. The Hall–Kier alpha value is -2.14. The van der Waals surface area contributed by atoms with Gasteiger partial charge in [0.05, 0.1) is 25.4 Å². The highest BCUT2D eigenvalue weighted by molar-refractivity contribution is 5.66. The molecule has 2 aliphatic rings. The monoisotopic (exact) mass is 458 g/mol. The number of hydrogen-bond acceptors (Lipinski definition) is 3. The van der Waals surface area contributed by atoms with Crippen molar-refractivity contribution in [3.05, 3.63) is 48.0 Å². The lowest BCUT2D eigenvalue weighted by Crippen LogP contribution is -2.28. The minimum absolute atomic E-state index is 0.0614. The Kier molecular flexibility index (Phi) is 8.24. The molecule has 0 amide bonds. The first kappa shape index (κ1) is 24.0. The van der Waals surface area contributed by atoms with Crippen LogP contribution in [0.3, 0.4) is 0 Å². The zero-order valence-corrected chi connectivity index (χ0v) is 19.8.